The molecule has 2 aliphatic rings. The Labute approximate surface area is 132 Å². The fourth-order valence-corrected chi connectivity index (χ4v) is 3.68. The average Bonchev–Trinajstić information content (AvgIpc) is 2.90. The molecule has 0 amide bonds. The summed E-state index contributed by atoms with van der Waals surface area (Å²) in [6, 6.07) is 0. The zero-order valence-corrected chi connectivity index (χ0v) is 13.9. The Bertz CT molecular complexity index is 473. The van der Waals surface area contributed by atoms with E-state index < -0.39 is 16.8 Å². The third-order valence-corrected chi connectivity index (χ3v) is 4.74. The lowest BCUT2D eigenvalue weighted by molar-refractivity contribution is -0.170. The zero-order valence-electron chi connectivity index (χ0n) is 13.9. The molecule has 0 aromatic rings. The van der Waals surface area contributed by atoms with Gasteiger partial charge >= 0.3 is 5.97 Å². The average molecular weight is 310 g/mol. The Hall–Kier alpha value is -1.20. The number of hydrogen-bond acceptors (Lipinski definition) is 5. The molecule has 0 aromatic carbocycles. The van der Waals surface area contributed by atoms with Crippen molar-refractivity contribution in [3.8, 4) is 0 Å². The van der Waals surface area contributed by atoms with E-state index in [9.17, 15) is 9.59 Å². The van der Waals surface area contributed by atoms with Crippen LogP contribution in [-0.4, -0.2) is 37.9 Å². The third-order valence-electron chi connectivity index (χ3n) is 4.74. The summed E-state index contributed by atoms with van der Waals surface area (Å²) in [4.78, 5) is 25.5. The minimum Gasteiger partial charge on any atom is -0.465 e. The van der Waals surface area contributed by atoms with E-state index in [1.807, 2.05) is 20.8 Å². The van der Waals surface area contributed by atoms with Crippen molar-refractivity contribution in [2.24, 2.45) is 10.8 Å². The molecule has 0 N–H and O–H groups in total. The second kappa shape index (κ2) is 6.50. The number of ketones is 1. The van der Waals surface area contributed by atoms with Gasteiger partial charge in [-0.1, -0.05) is 19.4 Å². The van der Waals surface area contributed by atoms with Crippen molar-refractivity contribution in [3.63, 3.8) is 0 Å². The molecule has 0 saturated carbocycles. The Kier molecular flexibility index (Phi) is 5.07. The van der Waals surface area contributed by atoms with Crippen molar-refractivity contribution >= 4 is 11.8 Å². The first-order chi connectivity index (χ1) is 10.3. The summed E-state index contributed by atoms with van der Waals surface area (Å²) in [5.41, 5.74) is -0.644. The fraction of sp³-hybridized carbons (Fsp3) is 0.765. The Morgan fingerprint density at radius 2 is 2.00 bits per heavy atom. The van der Waals surface area contributed by atoms with E-state index in [2.05, 4.69) is 0 Å². The largest absolute Gasteiger partial charge is 0.465 e. The normalized spacial score (nSPS) is 28.5. The van der Waals surface area contributed by atoms with Crippen molar-refractivity contribution in [1.29, 1.82) is 0 Å². The predicted molar refractivity (Wildman–Crippen MR) is 81.2 cm³/mol. The molecule has 1 aliphatic carbocycles. The number of esters is 1. The molecule has 1 unspecified atom stereocenters. The monoisotopic (exact) mass is 310 g/mol. The predicted octanol–water partition coefficient (Wildman–Crippen LogP) is 2.63. The van der Waals surface area contributed by atoms with Crippen LogP contribution in [0.2, 0.25) is 0 Å². The van der Waals surface area contributed by atoms with Crippen LogP contribution in [-0.2, 0) is 23.8 Å². The lowest BCUT2D eigenvalue weighted by Gasteiger charge is -2.46. The third kappa shape index (κ3) is 2.97. The van der Waals surface area contributed by atoms with Gasteiger partial charge in [0.15, 0.2) is 12.1 Å². The number of hydrogen-bond donors (Lipinski definition) is 0. The summed E-state index contributed by atoms with van der Waals surface area (Å²) in [5, 5.41) is 0. The molecule has 1 saturated heterocycles. The summed E-state index contributed by atoms with van der Waals surface area (Å²) in [6.07, 6.45) is 2.86. The fourth-order valence-electron chi connectivity index (χ4n) is 3.68. The van der Waals surface area contributed by atoms with Gasteiger partial charge < -0.3 is 14.2 Å². The van der Waals surface area contributed by atoms with Crippen LogP contribution in [0.3, 0.4) is 0 Å². The molecule has 0 radical (unpaired) electrons. The van der Waals surface area contributed by atoms with Crippen LogP contribution in [0.4, 0.5) is 0 Å². The molecule has 124 valence electrons. The van der Waals surface area contributed by atoms with Gasteiger partial charge in [-0.3, -0.25) is 9.59 Å². The molecular formula is C17H26O5. The quantitative estimate of drug-likeness (QED) is 0.577. The highest BCUT2D eigenvalue weighted by Gasteiger charge is 2.58. The molecule has 5 heteroatoms. The molecule has 2 rings (SSSR count). The highest BCUT2D eigenvalue weighted by Crippen LogP contribution is 2.52. The summed E-state index contributed by atoms with van der Waals surface area (Å²) in [5.74, 6) is -0.579. The highest BCUT2D eigenvalue weighted by molar-refractivity contribution is 6.11. The molecule has 0 spiro atoms. The number of rotatable bonds is 5. The number of carbonyl (C=O) groups excluding carboxylic acids is 2. The lowest BCUT2D eigenvalue weighted by atomic mass is 9.56. The molecule has 0 aromatic heterocycles. The second-order valence-electron chi connectivity index (χ2n) is 6.75. The minimum absolute atomic E-state index is 0.155. The minimum atomic E-state index is -1.15. The van der Waals surface area contributed by atoms with Crippen molar-refractivity contribution in [3.05, 3.63) is 11.6 Å². The van der Waals surface area contributed by atoms with E-state index in [0.717, 1.165) is 5.57 Å². The van der Waals surface area contributed by atoms with Gasteiger partial charge in [0, 0.05) is 0 Å². The van der Waals surface area contributed by atoms with Gasteiger partial charge in [-0.2, -0.15) is 0 Å². The molecule has 1 atom stereocenters. The lowest BCUT2D eigenvalue weighted by Crippen LogP contribution is -2.53. The zero-order chi connectivity index (χ0) is 16.4. The van der Waals surface area contributed by atoms with Gasteiger partial charge in [-0.25, -0.2) is 0 Å². The van der Waals surface area contributed by atoms with Crippen molar-refractivity contribution < 1.29 is 23.8 Å². The summed E-state index contributed by atoms with van der Waals surface area (Å²) in [7, 11) is 0. The molecule has 0 bridgehead atoms. The van der Waals surface area contributed by atoms with Crippen LogP contribution >= 0.6 is 0 Å². The Morgan fingerprint density at radius 1 is 1.36 bits per heavy atom. The van der Waals surface area contributed by atoms with E-state index in [1.54, 1.807) is 13.0 Å². The Balaban J connectivity index is 2.31. The molecule has 1 fully saturated rings. The SMILES string of the molecule is CCOC(=O)C1(CCC2OCCO2)C(=O)C=C(C)CC1(C)C. The van der Waals surface area contributed by atoms with Gasteiger partial charge in [0.05, 0.1) is 19.8 Å². The van der Waals surface area contributed by atoms with Gasteiger partial charge in [0.2, 0.25) is 0 Å². The van der Waals surface area contributed by atoms with Gasteiger partial charge in [0.1, 0.15) is 5.41 Å². The molecule has 5 nitrogen and oxygen atoms in total. The second-order valence-corrected chi connectivity index (χ2v) is 6.75. The van der Waals surface area contributed by atoms with E-state index in [0.29, 0.717) is 32.5 Å². The smallest absolute Gasteiger partial charge is 0.320 e. The maximum absolute atomic E-state index is 12.8. The summed E-state index contributed by atoms with van der Waals surface area (Å²) >= 11 is 0. The first kappa shape index (κ1) is 17.2. The van der Waals surface area contributed by atoms with E-state index in [4.69, 9.17) is 14.2 Å². The molecule has 1 aliphatic heterocycles. The molecule has 1 heterocycles. The number of carbonyl (C=O) groups is 2. The van der Waals surface area contributed by atoms with Gasteiger partial charge in [-0.15, -0.1) is 0 Å². The van der Waals surface area contributed by atoms with Crippen LogP contribution in [0.25, 0.3) is 0 Å². The first-order valence-electron chi connectivity index (χ1n) is 7.95. The number of ether oxygens (including phenoxy) is 3. The van der Waals surface area contributed by atoms with E-state index >= 15 is 0 Å². The Morgan fingerprint density at radius 3 is 2.55 bits per heavy atom. The van der Waals surface area contributed by atoms with Crippen molar-refractivity contribution in [2.75, 3.05) is 19.8 Å². The van der Waals surface area contributed by atoms with Crippen LogP contribution in [0.1, 0.15) is 47.0 Å². The maximum atomic E-state index is 12.8. The maximum Gasteiger partial charge on any atom is 0.320 e. The summed E-state index contributed by atoms with van der Waals surface area (Å²) < 4.78 is 16.2. The summed E-state index contributed by atoms with van der Waals surface area (Å²) in [6.45, 7) is 9.02. The van der Waals surface area contributed by atoms with Gasteiger partial charge in [0.25, 0.3) is 0 Å². The van der Waals surface area contributed by atoms with E-state index in [-0.39, 0.29) is 18.7 Å². The van der Waals surface area contributed by atoms with E-state index in [1.165, 1.54) is 0 Å². The van der Waals surface area contributed by atoms with Crippen LogP contribution < -0.4 is 0 Å². The van der Waals surface area contributed by atoms with Crippen molar-refractivity contribution in [2.45, 2.75) is 53.2 Å². The van der Waals surface area contributed by atoms with Crippen LogP contribution in [0, 0.1) is 10.8 Å². The standard InChI is InChI=1S/C17H26O5/c1-5-20-15(19)17(7-6-14-21-8-9-22-14)13(18)10-12(2)11-16(17,3)4/h10,14H,5-9,11H2,1-4H3. The molecule has 22 heavy (non-hydrogen) atoms. The van der Waals surface area contributed by atoms with Crippen LogP contribution in [0.15, 0.2) is 11.6 Å². The molecular weight excluding hydrogens is 284 g/mol. The first-order valence-corrected chi connectivity index (χ1v) is 7.95. The topological polar surface area (TPSA) is 61.8 Å². The van der Waals surface area contributed by atoms with Gasteiger partial charge in [-0.05, 0) is 44.6 Å². The van der Waals surface area contributed by atoms with Crippen LogP contribution in [0.5, 0.6) is 0 Å². The highest BCUT2D eigenvalue weighted by atomic mass is 16.7. The van der Waals surface area contributed by atoms with Crippen molar-refractivity contribution in [1.82, 2.24) is 0 Å². The number of allylic oxidation sites excluding steroid dienone is 2.